The largest absolute Gasteiger partial charge is 0.477 e. The van der Waals surface area contributed by atoms with E-state index in [2.05, 4.69) is 10.3 Å². The summed E-state index contributed by atoms with van der Waals surface area (Å²) >= 11 is 0. The van der Waals surface area contributed by atoms with E-state index in [0.29, 0.717) is 0 Å². The molecule has 1 aromatic rings. The number of rotatable bonds is 5. The van der Waals surface area contributed by atoms with Gasteiger partial charge in [-0.2, -0.15) is 13.2 Å². The van der Waals surface area contributed by atoms with Gasteiger partial charge in [0.05, 0.1) is 0 Å². The number of hydrogen-bond donors (Lipinski definition) is 2. The summed E-state index contributed by atoms with van der Waals surface area (Å²) < 4.78 is 35.5. The number of anilines is 1. The van der Waals surface area contributed by atoms with E-state index < -0.39 is 18.6 Å². The molecule has 0 saturated carbocycles. The molecule has 1 rings (SSSR count). The van der Waals surface area contributed by atoms with Gasteiger partial charge in [0.25, 0.3) is 0 Å². The molecule has 1 heterocycles. The number of nitrogens with zero attached hydrogens (tertiary/aromatic N) is 1. The second-order valence-corrected chi connectivity index (χ2v) is 3.36. The zero-order valence-corrected chi connectivity index (χ0v) is 8.79. The van der Waals surface area contributed by atoms with Gasteiger partial charge in [-0.05, 0) is 18.6 Å². The minimum Gasteiger partial charge on any atom is -0.477 e. The molecular formula is C10H11F3N2O2. The molecule has 0 radical (unpaired) electrons. The zero-order chi connectivity index (χ0) is 12.9. The van der Waals surface area contributed by atoms with Crippen molar-refractivity contribution < 1.29 is 23.1 Å². The number of pyridine rings is 1. The molecule has 0 aliphatic heterocycles. The van der Waals surface area contributed by atoms with Crippen LogP contribution in [0.15, 0.2) is 18.2 Å². The van der Waals surface area contributed by atoms with Gasteiger partial charge < -0.3 is 10.4 Å². The monoisotopic (exact) mass is 248 g/mol. The van der Waals surface area contributed by atoms with Crippen LogP contribution >= 0.6 is 0 Å². The highest BCUT2D eigenvalue weighted by molar-refractivity contribution is 5.85. The lowest BCUT2D eigenvalue weighted by Crippen LogP contribution is -2.12. The van der Waals surface area contributed by atoms with Gasteiger partial charge in [-0.15, -0.1) is 0 Å². The molecule has 2 N–H and O–H groups in total. The lowest BCUT2D eigenvalue weighted by molar-refractivity contribution is -0.134. The van der Waals surface area contributed by atoms with E-state index in [0.717, 1.165) is 0 Å². The third-order valence-electron chi connectivity index (χ3n) is 1.91. The molecule has 4 nitrogen and oxygen atoms in total. The van der Waals surface area contributed by atoms with E-state index in [1.165, 1.54) is 18.2 Å². The Labute approximate surface area is 95.5 Å². The number of carbonyl (C=O) groups is 1. The Morgan fingerprint density at radius 2 is 2.12 bits per heavy atom. The highest BCUT2D eigenvalue weighted by Crippen LogP contribution is 2.21. The van der Waals surface area contributed by atoms with Gasteiger partial charge in [0, 0.05) is 13.0 Å². The maximum atomic E-state index is 11.8. The number of aromatic carboxylic acids is 1. The number of alkyl halides is 3. The molecule has 0 aromatic carbocycles. The van der Waals surface area contributed by atoms with Crippen LogP contribution in [-0.4, -0.2) is 28.8 Å². The summed E-state index contributed by atoms with van der Waals surface area (Å²) in [4.78, 5) is 14.3. The Morgan fingerprint density at radius 3 is 2.71 bits per heavy atom. The van der Waals surface area contributed by atoms with Crippen LogP contribution in [0.25, 0.3) is 0 Å². The second kappa shape index (κ2) is 5.51. The van der Waals surface area contributed by atoms with Crippen LogP contribution in [0.4, 0.5) is 19.0 Å². The standard InChI is InChI=1S/C10H11F3N2O2/c11-10(12,13)5-2-6-14-8-4-1-3-7(15-8)9(16)17/h1,3-4H,2,5-6H2,(H,14,15)(H,16,17). The van der Waals surface area contributed by atoms with Crippen LogP contribution in [0.1, 0.15) is 23.3 Å². The number of hydrogen-bond acceptors (Lipinski definition) is 3. The van der Waals surface area contributed by atoms with Crippen LogP contribution in [-0.2, 0) is 0 Å². The van der Waals surface area contributed by atoms with Crippen molar-refractivity contribution in [1.82, 2.24) is 4.98 Å². The number of carboxylic acids is 1. The fourth-order valence-electron chi connectivity index (χ4n) is 1.16. The summed E-state index contributed by atoms with van der Waals surface area (Å²) in [5, 5.41) is 11.3. The first kappa shape index (κ1) is 13.3. The van der Waals surface area contributed by atoms with Crippen LogP contribution in [0.2, 0.25) is 0 Å². The summed E-state index contributed by atoms with van der Waals surface area (Å²) in [5.74, 6) is -0.920. The van der Waals surface area contributed by atoms with Crippen molar-refractivity contribution in [3.05, 3.63) is 23.9 Å². The lowest BCUT2D eigenvalue weighted by atomic mass is 10.3. The SMILES string of the molecule is O=C(O)c1cccc(NCCCC(F)(F)F)n1. The fraction of sp³-hybridized carbons (Fsp3) is 0.400. The van der Waals surface area contributed by atoms with Crippen molar-refractivity contribution in [2.75, 3.05) is 11.9 Å². The highest BCUT2D eigenvalue weighted by Gasteiger charge is 2.25. The average molecular weight is 248 g/mol. The average Bonchev–Trinajstić information content (AvgIpc) is 2.23. The van der Waals surface area contributed by atoms with E-state index in [-0.39, 0.29) is 24.5 Å². The van der Waals surface area contributed by atoms with Gasteiger partial charge in [0.2, 0.25) is 0 Å². The number of halogens is 3. The third-order valence-corrected chi connectivity index (χ3v) is 1.91. The highest BCUT2D eigenvalue weighted by atomic mass is 19.4. The van der Waals surface area contributed by atoms with E-state index in [1.807, 2.05) is 0 Å². The molecule has 0 atom stereocenters. The Balaban J connectivity index is 2.42. The quantitative estimate of drug-likeness (QED) is 0.786. The van der Waals surface area contributed by atoms with E-state index >= 15 is 0 Å². The topological polar surface area (TPSA) is 62.2 Å². The van der Waals surface area contributed by atoms with Crippen LogP contribution < -0.4 is 5.32 Å². The molecule has 0 aliphatic rings. The summed E-state index contributed by atoms with van der Waals surface area (Å²) in [5.41, 5.74) is -0.147. The van der Waals surface area contributed by atoms with Crippen molar-refractivity contribution in [3.63, 3.8) is 0 Å². The van der Waals surface area contributed by atoms with E-state index in [1.54, 1.807) is 0 Å². The lowest BCUT2D eigenvalue weighted by Gasteiger charge is -2.08. The molecule has 0 bridgehead atoms. The van der Waals surface area contributed by atoms with Gasteiger partial charge in [-0.25, -0.2) is 9.78 Å². The minimum absolute atomic E-state index is 0.0809. The maximum absolute atomic E-state index is 11.8. The summed E-state index contributed by atoms with van der Waals surface area (Å²) in [6, 6.07) is 4.28. The zero-order valence-electron chi connectivity index (χ0n) is 8.79. The smallest absolute Gasteiger partial charge is 0.389 e. The fourth-order valence-corrected chi connectivity index (χ4v) is 1.16. The van der Waals surface area contributed by atoms with Crippen LogP contribution in [0.5, 0.6) is 0 Å². The first-order chi connectivity index (χ1) is 7.88. The van der Waals surface area contributed by atoms with Crippen molar-refractivity contribution >= 4 is 11.8 Å². The molecule has 94 valence electrons. The Bertz CT molecular complexity index is 393. The summed E-state index contributed by atoms with van der Waals surface area (Å²) in [7, 11) is 0. The maximum Gasteiger partial charge on any atom is 0.389 e. The number of aromatic nitrogens is 1. The van der Waals surface area contributed by atoms with Gasteiger partial charge in [-0.1, -0.05) is 6.07 Å². The predicted octanol–water partition coefficient (Wildman–Crippen LogP) is 2.53. The first-order valence-corrected chi connectivity index (χ1v) is 4.89. The molecule has 0 spiro atoms. The summed E-state index contributed by atoms with van der Waals surface area (Å²) in [6.07, 6.45) is -5.13. The van der Waals surface area contributed by atoms with Crippen molar-refractivity contribution in [3.8, 4) is 0 Å². The molecule has 0 aliphatic carbocycles. The number of carboxylic acid groups (broad SMARTS) is 1. The van der Waals surface area contributed by atoms with Crippen LogP contribution in [0, 0.1) is 0 Å². The minimum atomic E-state index is -4.17. The van der Waals surface area contributed by atoms with Gasteiger partial charge in [-0.3, -0.25) is 0 Å². The molecule has 7 heteroatoms. The van der Waals surface area contributed by atoms with E-state index in [4.69, 9.17) is 5.11 Å². The molecule has 0 fully saturated rings. The molecular weight excluding hydrogens is 237 g/mol. The van der Waals surface area contributed by atoms with Gasteiger partial charge in [0.1, 0.15) is 5.82 Å². The van der Waals surface area contributed by atoms with Crippen molar-refractivity contribution in [2.24, 2.45) is 0 Å². The van der Waals surface area contributed by atoms with Gasteiger partial charge in [0.15, 0.2) is 5.69 Å². The van der Waals surface area contributed by atoms with E-state index in [9.17, 15) is 18.0 Å². The van der Waals surface area contributed by atoms with Crippen molar-refractivity contribution in [1.29, 1.82) is 0 Å². The molecule has 1 aromatic heterocycles. The molecule has 0 amide bonds. The molecule has 0 saturated heterocycles. The predicted molar refractivity (Wildman–Crippen MR) is 55.0 cm³/mol. The number of nitrogens with one attached hydrogen (secondary N) is 1. The molecule has 17 heavy (non-hydrogen) atoms. The first-order valence-electron chi connectivity index (χ1n) is 4.89. The van der Waals surface area contributed by atoms with Gasteiger partial charge >= 0.3 is 12.1 Å². The summed E-state index contributed by atoms with van der Waals surface area (Å²) in [6.45, 7) is 0.0928. The second-order valence-electron chi connectivity index (χ2n) is 3.36. The Kier molecular flexibility index (Phi) is 4.30. The molecule has 0 unspecified atom stereocenters. The Morgan fingerprint density at radius 1 is 1.41 bits per heavy atom. The Hall–Kier alpha value is -1.79. The van der Waals surface area contributed by atoms with Crippen molar-refractivity contribution in [2.45, 2.75) is 19.0 Å². The van der Waals surface area contributed by atoms with Crippen LogP contribution in [0.3, 0.4) is 0 Å². The normalized spacial score (nSPS) is 11.2. The third kappa shape index (κ3) is 5.19.